The fraction of sp³-hybridized carbons (Fsp3) is 0.700. The van der Waals surface area contributed by atoms with Crippen LogP contribution in [0.2, 0.25) is 0 Å². The number of alkyl halides is 2. The van der Waals surface area contributed by atoms with Gasteiger partial charge in [-0.15, -0.1) is 0 Å². The zero-order chi connectivity index (χ0) is 22.2. The number of carbonyl (C=O) groups is 1. The predicted octanol–water partition coefficient (Wildman–Crippen LogP) is 2.70. The summed E-state index contributed by atoms with van der Waals surface area (Å²) in [5, 5.41) is 3.96. The molecular formula is C20H28F2N6O3. The number of rotatable bonds is 5. The Balaban J connectivity index is 1.26. The van der Waals surface area contributed by atoms with E-state index in [1.807, 2.05) is 20.8 Å². The maximum Gasteiger partial charge on any atom is 0.410 e. The quantitative estimate of drug-likeness (QED) is 0.710. The van der Waals surface area contributed by atoms with E-state index in [1.54, 1.807) is 11.1 Å². The largest absolute Gasteiger partial charge is 0.444 e. The van der Waals surface area contributed by atoms with E-state index in [2.05, 4.69) is 20.0 Å². The molecule has 2 aliphatic rings. The summed E-state index contributed by atoms with van der Waals surface area (Å²) in [6.07, 6.45) is 2.09. The Kier molecular flexibility index (Phi) is 5.96. The second kappa shape index (κ2) is 8.52. The molecule has 0 aliphatic carbocycles. The first-order chi connectivity index (χ1) is 14.7. The lowest BCUT2D eigenvalue weighted by Crippen LogP contribution is -2.57. The van der Waals surface area contributed by atoms with Gasteiger partial charge in [-0.05, 0) is 33.6 Å². The molecule has 170 valence electrons. The topological polar surface area (TPSA) is 85.6 Å². The molecule has 4 heterocycles. The van der Waals surface area contributed by atoms with Gasteiger partial charge in [0.15, 0.2) is 5.65 Å². The number of anilines is 1. The molecule has 0 aromatic carbocycles. The van der Waals surface area contributed by atoms with E-state index in [9.17, 15) is 13.6 Å². The highest BCUT2D eigenvalue weighted by molar-refractivity contribution is 5.71. The van der Waals surface area contributed by atoms with Gasteiger partial charge in [0.05, 0.1) is 37.7 Å². The molecule has 2 fully saturated rings. The van der Waals surface area contributed by atoms with Crippen LogP contribution in [0.1, 0.15) is 33.6 Å². The van der Waals surface area contributed by atoms with E-state index in [-0.39, 0.29) is 18.3 Å². The Morgan fingerprint density at radius 1 is 1.19 bits per heavy atom. The van der Waals surface area contributed by atoms with Gasteiger partial charge < -0.3 is 19.3 Å². The van der Waals surface area contributed by atoms with Crippen LogP contribution >= 0.6 is 0 Å². The summed E-state index contributed by atoms with van der Waals surface area (Å²) in [6, 6.07) is 0. The highest BCUT2D eigenvalue weighted by Gasteiger charge is 2.36. The third-order valence-corrected chi connectivity index (χ3v) is 5.29. The Morgan fingerprint density at radius 2 is 1.90 bits per heavy atom. The first-order valence-corrected chi connectivity index (χ1v) is 10.5. The number of piperidine rings is 1. The highest BCUT2D eigenvalue weighted by atomic mass is 19.3. The number of likely N-dealkylation sites (tertiary alicyclic amines) is 1. The Morgan fingerprint density at radius 3 is 2.55 bits per heavy atom. The van der Waals surface area contributed by atoms with Gasteiger partial charge in [0, 0.05) is 13.1 Å². The lowest BCUT2D eigenvalue weighted by molar-refractivity contribution is -0.0981. The molecule has 0 atom stereocenters. The van der Waals surface area contributed by atoms with Crippen molar-refractivity contribution in [2.24, 2.45) is 0 Å². The Labute approximate surface area is 179 Å². The molecule has 0 unspecified atom stereocenters. The van der Waals surface area contributed by atoms with Crippen LogP contribution in [0.25, 0.3) is 11.2 Å². The van der Waals surface area contributed by atoms with Crippen molar-refractivity contribution < 1.29 is 23.0 Å². The Hall–Kier alpha value is -2.56. The summed E-state index contributed by atoms with van der Waals surface area (Å²) in [4.78, 5) is 24.6. The molecule has 0 saturated carbocycles. The molecule has 4 rings (SSSR count). The zero-order valence-electron chi connectivity index (χ0n) is 18.0. The molecule has 9 nitrogen and oxygen atoms in total. The molecule has 0 spiro atoms. The molecule has 2 aromatic heterocycles. The minimum absolute atomic E-state index is 0.0314. The minimum atomic E-state index is -2.50. The van der Waals surface area contributed by atoms with E-state index in [1.165, 1.54) is 10.9 Å². The number of hydrogen-bond donors (Lipinski definition) is 0. The van der Waals surface area contributed by atoms with Crippen LogP contribution in [0, 0.1) is 0 Å². The minimum Gasteiger partial charge on any atom is -0.444 e. The molecule has 1 amide bonds. The van der Waals surface area contributed by atoms with E-state index >= 15 is 0 Å². The molecule has 0 N–H and O–H groups in total. The third kappa shape index (κ3) is 5.20. The number of halogens is 2. The smallest absolute Gasteiger partial charge is 0.410 e. The summed E-state index contributed by atoms with van der Waals surface area (Å²) >= 11 is 0. The lowest BCUT2D eigenvalue weighted by atomic mass is 10.1. The van der Waals surface area contributed by atoms with E-state index < -0.39 is 18.6 Å². The predicted molar refractivity (Wildman–Crippen MR) is 109 cm³/mol. The number of nitrogens with zero attached hydrogens (tertiary/aromatic N) is 6. The zero-order valence-corrected chi connectivity index (χ0v) is 18.0. The molecular weight excluding hydrogens is 410 g/mol. The monoisotopic (exact) mass is 438 g/mol. The van der Waals surface area contributed by atoms with Crippen molar-refractivity contribution >= 4 is 23.1 Å². The van der Waals surface area contributed by atoms with Crippen LogP contribution in [-0.2, 0) is 16.0 Å². The van der Waals surface area contributed by atoms with E-state index in [0.717, 1.165) is 25.9 Å². The second-order valence-corrected chi connectivity index (χ2v) is 8.98. The van der Waals surface area contributed by atoms with Crippen molar-refractivity contribution in [2.45, 2.75) is 64.4 Å². The summed E-state index contributed by atoms with van der Waals surface area (Å²) in [6.45, 7) is 7.60. The van der Waals surface area contributed by atoms with Gasteiger partial charge >= 0.3 is 6.09 Å². The van der Waals surface area contributed by atoms with Gasteiger partial charge in [-0.1, -0.05) is 0 Å². The van der Waals surface area contributed by atoms with Crippen LogP contribution in [0.15, 0.2) is 12.4 Å². The molecule has 11 heteroatoms. The summed E-state index contributed by atoms with van der Waals surface area (Å²) < 4.78 is 38.2. The number of aromatic nitrogens is 4. The average molecular weight is 438 g/mol. The molecule has 0 radical (unpaired) electrons. The van der Waals surface area contributed by atoms with Gasteiger partial charge in [0.2, 0.25) is 0 Å². The fourth-order valence-electron chi connectivity index (χ4n) is 3.75. The highest BCUT2D eigenvalue weighted by Crippen LogP contribution is 2.25. The maximum absolute atomic E-state index is 12.7. The van der Waals surface area contributed by atoms with Crippen LogP contribution in [0.4, 0.5) is 19.4 Å². The fourth-order valence-corrected chi connectivity index (χ4v) is 3.75. The lowest BCUT2D eigenvalue weighted by Gasteiger charge is -2.42. The number of ether oxygens (including phenoxy) is 2. The molecule has 2 saturated heterocycles. The summed E-state index contributed by atoms with van der Waals surface area (Å²) in [5.74, 6) is 0.654. The van der Waals surface area contributed by atoms with Crippen LogP contribution < -0.4 is 4.90 Å². The molecule has 31 heavy (non-hydrogen) atoms. The van der Waals surface area contributed by atoms with Gasteiger partial charge in [0.25, 0.3) is 6.43 Å². The van der Waals surface area contributed by atoms with Crippen LogP contribution in [-0.4, -0.2) is 81.2 Å². The van der Waals surface area contributed by atoms with Crippen LogP contribution in [0.5, 0.6) is 0 Å². The Bertz CT molecular complexity index is 917. The first kappa shape index (κ1) is 21.7. The van der Waals surface area contributed by atoms with Crippen molar-refractivity contribution in [2.75, 3.05) is 31.1 Å². The first-order valence-electron chi connectivity index (χ1n) is 10.5. The number of amides is 1. The average Bonchev–Trinajstić information content (AvgIpc) is 3.05. The van der Waals surface area contributed by atoms with Gasteiger partial charge in [-0.25, -0.2) is 28.2 Å². The number of carbonyl (C=O) groups excluding carboxylic acids is 1. The summed E-state index contributed by atoms with van der Waals surface area (Å²) in [7, 11) is 0. The normalized spacial score (nSPS) is 18.6. The SMILES string of the molecule is CC(C)(C)OC(=O)N1CC(OC2CCN(c3cnc4cnn(CC(F)F)c4n3)CC2)C1. The maximum atomic E-state index is 12.7. The molecule has 0 bridgehead atoms. The second-order valence-electron chi connectivity index (χ2n) is 8.98. The van der Waals surface area contributed by atoms with Crippen molar-refractivity contribution in [3.63, 3.8) is 0 Å². The number of hydrogen-bond acceptors (Lipinski definition) is 7. The molecule has 2 aromatic rings. The van der Waals surface area contributed by atoms with Crippen molar-refractivity contribution in [1.82, 2.24) is 24.6 Å². The van der Waals surface area contributed by atoms with E-state index in [0.29, 0.717) is 30.1 Å². The third-order valence-electron chi connectivity index (χ3n) is 5.29. The number of fused-ring (bicyclic) bond motifs is 1. The standard InChI is InChI=1S/C20H28F2N6O3/c1-20(2,3)31-19(29)27-10-14(11-27)30-13-4-6-26(7-5-13)17-9-23-15-8-24-28(12-16(21)22)18(15)25-17/h8-9,13-14,16H,4-7,10-12H2,1-3H3. The van der Waals surface area contributed by atoms with E-state index in [4.69, 9.17) is 9.47 Å². The molecule has 2 aliphatic heterocycles. The van der Waals surface area contributed by atoms with Gasteiger partial charge in [-0.3, -0.25) is 0 Å². The van der Waals surface area contributed by atoms with Gasteiger partial charge in [-0.2, -0.15) is 5.10 Å². The summed E-state index contributed by atoms with van der Waals surface area (Å²) in [5.41, 5.74) is 0.369. The van der Waals surface area contributed by atoms with Crippen molar-refractivity contribution in [1.29, 1.82) is 0 Å². The van der Waals surface area contributed by atoms with Crippen molar-refractivity contribution in [3.05, 3.63) is 12.4 Å². The van der Waals surface area contributed by atoms with Gasteiger partial charge in [0.1, 0.15) is 23.5 Å². The van der Waals surface area contributed by atoms with Crippen LogP contribution in [0.3, 0.4) is 0 Å². The van der Waals surface area contributed by atoms with Crippen molar-refractivity contribution in [3.8, 4) is 0 Å².